The van der Waals surface area contributed by atoms with Crippen LogP contribution in [0.3, 0.4) is 0 Å². The standard InChI is InChI=1S/C53H98N24O14S/c1-92-25-17-29(55)40(81)69-31(10-2-3-18-54)42(83)71-32(12-5-20-65-51(58)59)44(85)74-35(27-78)45(86)70-30(11-4-19-64-50(56)57)41(82)68-26-39(80)76-23-8-15-37(76)46(87)75-36(28-79)48(89)77-24-9-16-38(77)47(88)72-33(13-6-21-66-52(60)61)43(84)73-34(49(90)91)14-7-22-67-53(62)63/h29-38,78-79H,2-28,54-55H2,1H3,(H,68,82)(H,69,81)(H,70,86)(H,71,83)(H,72,88)(H,73,84)(H,74,85)(H,75,87)(H,90,91)(H4,56,57,64)(H4,58,59,65)(H4,60,61,66)(H4,62,63,67). The van der Waals surface area contributed by atoms with Crippen LogP contribution >= 0.6 is 11.8 Å². The summed E-state index contributed by atoms with van der Waals surface area (Å²) >= 11 is 1.48. The highest BCUT2D eigenvalue weighted by Crippen LogP contribution is 2.22. The molecule has 0 aliphatic carbocycles. The van der Waals surface area contributed by atoms with Crippen LogP contribution in [0.1, 0.15) is 103 Å². The summed E-state index contributed by atoms with van der Waals surface area (Å²) < 4.78 is 0. The summed E-state index contributed by atoms with van der Waals surface area (Å²) in [4.78, 5) is 168. The van der Waals surface area contributed by atoms with E-state index in [1.54, 1.807) is 0 Å². The van der Waals surface area contributed by atoms with Crippen LogP contribution in [0.25, 0.3) is 0 Å². The number of carbonyl (C=O) groups excluding carboxylic acids is 10. The zero-order valence-electron chi connectivity index (χ0n) is 52.1. The lowest BCUT2D eigenvalue weighted by molar-refractivity contribution is -0.145. The number of carboxylic acids is 1. The first kappa shape index (κ1) is 79.5. The summed E-state index contributed by atoms with van der Waals surface area (Å²) in [6.07, 6.45) is 4.18. The number of hydrogen-bond acceptors (Lipinski definition) is 20. The van der Waals surface area contributed by atoms with Crippen molar-refractivity contribution in [1.29, 1.82) is 0 Å². The van der Waals surface area contributed by atoms with Crippen LogP contribution in [0.2, 0.25) is 0 Å². The molecular weight excluding hydrogens is 1230 g/mol. The van der Waals surface area contributed by atoms with E-state index in [0.29, 0.717) is 44.4 Å². The van der Waals surface area contributed by atoms with Crippen molar-refractivity contribution in [2.45, 2.75) is 163 Å². The van der Waals surface area contributed by atoms with Gasteiger partial charge in [0, 0.05) is 39.3 Å². The Bertz CT molecular complexity index is 2570. The molecule has 0 spiro atoms. The molecule has 0 aromatic heterocycles. The smallest absolute Gasteiger partial charge is 0.326 e. The van der Waals surface area contributed by atoms with Gasteiger partial charge in [-0.2, -0.15) is 11.8 Å². The van der Waals surface area contributed by atoms with Crippen LogP contribution in [0, 0.1) is 0 Å². The fourth-order valence-electron chi connectivity index (χ4n) is 9.73. The number of nitrogens with zero attached hydrogens (tertiary/aromatic N) is 6. The van der Waals surface area contributed by atoms with Gasteiger partial charge >= 0.3 is 5.97 Å². The summed E-state index contributed by atoms with van der Waals surface area (Å²) in [7, 11) is 0. The van der Waals surface area contributed by atoms with Crippen molar-refractivity contribution >= 4 is 101 Å². The van der Waals surface area contributed by atoms with E-state index in [0.717, 1.165) is 9.80 Å². The van der Waals surface area contributed by atoms with Gasteiger partial charge in [0.05, 0.1) is 25.8 Å². The Kier molecular flexibility index (Phi) is 37.4. The van der Waals surface area contributed by atoms with Crippen molar-refractivity contribution in [1.82, 2.24) is 52.3 Å². The maximum Gasteiger partial charge on any atom is 0.326 e. The van der Waals surface area contributed by atoms with Crippen molar-refractivity contribution in [3.63, 3.8) is 0 Å². The van der Waals surface area contributed by atoms with Crippen LogP contribution in [0.15, 0.2) is 20.0 Å². The van der Waals surface area contributed by atoms with Gasteiger partial charge in [0.25, 0.3) is 0 Å². The second kappa shape index (κ2) is 43.2. The van der Waals surface area contributed by atoms with Crippen molar-refractivity contribution in [3.05, 3.63) is 0 Å². The van der Waals surface area contributed by atoms with Crippen molar-refractivity contribution in [2.75, 3.05) is 77.6 Å². The monoisotopic (exact) mass is 1330 g/mol. The largest absolute Gasteiger partial charge is 0.480 e. The predicted octanol–water partition coefficient (Wildman–Crippen LogP) is -10.0. The molecule has 2 fully saturated rings. The molecule has 0 saturated carbocycles. The molecule has 10 unspecified atom stereocenters. The van der Waals surface area contributed by atoms with Crippen molar-refractivity contribution < 1.29 is 68.1 Å². The fraction of sp³-hybridized carbons (Fsp3) is 0.717. The van der Waals surface area contributed by atoms with Gasteiger partial charge in [0.1, 0.15) is 54.4 Å². The molecule has 2 aliphatic heterocycles. The maximum atomic E-state index is 14.1. The first-order valence-electron chi connectivity index (χ1n) is 30.3. The van der Waals surface area contributed by atoms with E-state index in [1.165, 1.54) is 11.8 Å². The zero-order chi connectivity index (χ0) is 68.9. The number of unbranched alkanes of at least 4 members (excludes halogenated alkanes) is 1. The number of aliphatic imine (C=N–C) groups is 4. The van der Waals surface area contributed by atoms with Gasteiger partial charge in [-0.05, 0) is 121 Å². The molecule has 10 atom stereocenters. The number of nitrogens with one attached hydrogen (secondary N) is 8. The molecule has 2 aliphatic rings. The average Bonchev–Trinajstić information content (AvgIpc) is 1.64. The van der Waals surface area contributed by atoms with Crippen LogP contribution in [-0.4, -0.2) is 252 Å². The molecule has 31 N–H and O–H groups in total. The van der Waals surface area contributed by atoms with Gasteiger partial charge in [-0.15, -0.1) is 0 Å². The number of nitrogens with two attached hydrogens (primary N) is 10. The van der Waals surface area contributed by atoms with E-state index in [2.05, 4.69) is 62.5 Å². The normalized spacial score (nSPS) is 16.8. The molecule has 0 radical (unpaired) electrons. The zero-order valence-corrected chi connectivity index (χ0v) is 52.9. The molecule has 0 aromatic rings. The third-order valence-electron chi connectivity index (χ3n) is 14.6. The average molecular weight is 1330 g/mol. The Morgan fingerprint density at radius 2 is 0.848 bits per heavy atom. The number of hydrogen-bond donors (Lipinski definition) is 21. The Balaban J connectivity index is 2.27. The Morgan fingerprint density at radius 3 is 1.28 bits per heavy atom. The highest BCUT2D eigenvalue weighted by molar-refractivity contribution is 7.98. The third kappa shape index (κ3) is 29.6. The third-order valence-corrected chi connectivity index (χ3v) is 15.2. The number of aliphatic hydroxyl groups excluding tert-OH is 2. The number of carbonyl (C=O) groups is 11. The van der Waals surface area contributed by atoms with E-state index < -0.39 is 145 Å². The summed E-state index contributed by atoms with van der Waals surface area (Å²) in [6.45, 7) is -2.22. The highest BCUT2D eigenvalue weighted by atomic mass is 32.2. The molecule has 10 amide bonds. The summed E-state index contributed by atoms with van der Waals surface area (Å²) in [5.74, 6) is -10.2. The second-order valence-corrected chi connectivity index (χ2v) is 22.7. The summed E-state index contributed by atoms with van der Waals surface area (Å²) in [6, 6.07) is -13.4. The molecule has 39 heteroatoms. The fourth-order valence-corrected chi connectivity index (χ4v) is 10.2. The molecule has 2 rings (SSSR count). The minimum atomic E-state index is -1.74. The Hall–Kier alpha value is -8.56. The number of thioether (sulfide) groups is 1. The molecule has 2 saturated heterocycles. The van der Waals surface area contributed by atoms with Gasteiger partial charge in [0.2, 0.25) is 59.1 Å². The van der Waals surface area contributed by atoms with Crippen LogP contribution < -0.4 is 99.9 Å². The molecule has 520 valence electrons. The van der Waals surface area contributed by atoms with Crippen molar-refractivity contribution in [3.8, 4) is 0 Å². The number of guanidine groups is 4. The lowest BCUT2D eigenvalue weighted by Gasteiger charge is -2.31. The van der Waals surface area contributed by atoms with Crippen LogP contribution in [0.4, 0.5) is 0 Å². The second-order valence-electron chi connectivity index (χ2n) is 21.8. The van der Waals surface area contributed by atoms with E-state index in [1.807, 2.05) is 6.26 Å². The number of carboxylic acid groups (broad SMARTS) is 1. The molecule has 38 nitrogen and oxygen atoms in total. The number of likely N-dealkylation sites (tertiary alicyclic amines) is 2. The molecular formula is C53H98N24O14S. The van der Waals surface area contributed by atoms with Crippen LogP contribution in [0.5, 0.6) is 0 Å². The number of aliphatic carboxylic acids is 1. The van der Waals surface area contributed by atoms with E-state index in [4.69, 9.17) is 57.3 Å². The van der Waals surface area contributed by atoms with E-state index in [-0.39, 0.29) is 134 Å². The van der Waals surface area contributed by atoms with E-state index in [9.17, 15) is 68.1 Å². The van der Waals surface area contributed by atoms with E-state index >= 15 is 0 Å². The van der Waals surface area contributed by atoms with Gasteiger partial charge < -0.3 is 125 Å². The number of aliphatic hydroxyl groups is 2. The summed E-state index contributed by atoms with van der Waals surface area (Å²) in [5.41, 5.74) is 55.2. The minimum Gasteiger partial charge on any atom is -0.480 e. The Morgan fingerprint density at radius 1 is 0.478 bits per heavy atom. The predicted molar refractivity (Wildman–Crippen MR) is 341 cm³/mol. The highest BCUT2D eigenvalue weighted by Gasteiger charge is 2.42. The molecule has 0 bridgehead atoms. The maximum absolute atomic E-state index is 14.1. The van der Waals surface area contributed by atoms with Gasteiger partial charge in [-0.3, -0.25) is 67.9 Å². The van der Waals surface area contributed by atoms with Gasteiger partial charge in [0.15, 0.2) is 23.8 Å². The molecule has 0 aromatic carbocycles. The number of rotatable bonds is 44. The SMILES string of the molecule is CSCCC(N)C(=O)NC(CCCCN)C(=O)NC(CCCN=C(N)N)C(=O)NC(CO)C(=O)NC(CCCN=C(N)N)C(=O)NCC(=O)N1CCCC1C(=O)NC(CO)C(=O)N1CCCC1C(=O)NC(CCCN=C(N)N)C(=O)NC(CCCN=C(N)N)C(=O)O. The van der Waals surface area contributed by atoms with Crippen LogP contribution in [-0.2, 0) is 52.7 Å². The lowest BCUT2D eigenvalue weighted by atomic mass is 10.0. The summed E-state index contributed by atoms with van der Waals surface area (Å²) in [5, 5.41) is 50.8. The van der Waals surface area contributed by atoms with Gasteiger partial charge in [-0.25, -0.2) is 4.79 Å². The molecule has 92 heavy (non-hydrogen) atoms. The first-order valence-corrected chi connectivity index (χ1v) is 31.7. The minimum absolute atomic E-state index is 0.00146. The Labute approximate surface area is 537 Å². The molecule has 2 heterocycles. The van der Waals surface area contributed by atoms with Crippen molar-refractivity contribution in [2.24, 2.45) is 77.3 Å². The van der Waals surface area contributed by atoms with Gasteiger partial charge in [-0.1, -0.05) is 0 Å². The number of amides is 10. The first-order chi connectivity index (χ1) is 43.7. The topological polar surface area (TPSA) is 661 Å². The quantitative estimate of drug-likeness (QED) is 0.0153. The lowest BCUT2D eigenvalue weighted by Crippen LogP contribution is -2.60.